The summed E-state index contributed by atoms with van der Waals surface area (Å²) in [6.07, 6.45) is 0. The summed E-state index contributed by atoms with van der Waals surface area (Å²) < 4.78 is 4.96. The van der Waals surface area contributed by atoms with Crippen LogP contribution in [0.1, 0.15) is 22.2 Å². The molecule has 0 saturated carbocycles. The number of esters is 1. The van der Waals surface area contributed by atoms with E-state index < -0.39 is 0 Å². The fourth-order valence-electron chi connectivity index (χ4n) is 1.51. The molecule has 90 valence electrons. The zero-order chi connectivity index (χ0) is 12.4. The summed E-state index contributed by atoms with van der Waals surface area (Å²) in [6.45, 7) is 4.19. The van der Waals surface area contributed by atoms with Crippen molar-refractivity contribution in [3.63, 3.8) is 0 Å². The second kappa shape index (κ2) is 4.89. The Morgan fingerprint density at radius 3 is 2.82 bits per heavy atom. The van der Waals surface area contributed by atoms with Crippen molar-refractivity contribution in [3.8, 4) is 10.4 Å². The maximum atomic E-state index is 11.6. The summed E-state index contributed by atoms with van der Waals surface area (Å²) in [7, 11) is 0. The molecule has 0 fully saturated rings. The number of carbonyl (C=O) groups is 1. The van der Waals surface area contributed by atoms with Crippen LogP contribution in [0.4, 0.5) is 5.69 Å². The van der Waals surface area contributed by atoms with Crippen LogP contribution in [0.5, 0.6) is 0 Å². The zero-order valence-electron chi connectivity index (χ0n) is 9.65. The fraction of sp³-hybridized carbons (Fsp3) is 0.250. The lowest BCUT2D eigenvalue weighted by Crippen LogP contribution is -2.04. The van der Waals surface area contributed by atoms with Gasteiger partial charge in [-0.15, -0.1) is 11.3 Å². The standard InChI is InChI=1S/C12H13NO2S2/c1-3-15-12(14)11-9(13)4-10(17-11)8-6-16-5-7(8)2/h4-6H,3,13H2,1-2H3. The molecule has 2 aromatic heterocycles. The number of thiophene rings is 2. The van der Waals surface area contributed by atoms with Crippen LogP contribution >= 0.6 is 22.7 Å². The largest absolute Gasteiger partial charge is 0.462 e. The second-order valence-electron chi connectivity index (χ2n) is 3.58. The fourth-order valence-corrected chi connectivity index (χ4v) is 3.48. The first-order valence-corrected chi connectivity index (χ1v) is 6.99. The van der Waals surface area contributed by atoms with Gasteiger partial charge in [-0.05, 0) is 36.2 Å². The van der Waals surface area contributed by atoms with Crippen molar-refractivity contribution in [1.29, 1.82) is 0 Å². The first kappa shape index (κ1) is 12.1. The Hall–Kier alpha value is -1.33. The number of aryl methyl sites for hydroxylation is 1. The number of hydrogen-bond donors (Lipinski definition) is 1. The summed E-state index contributed by atoms with van der Waals surface area (Å²) in [5.41, 5.74) is 8.68. The van der Waals surface area contributed by atoms with E-state index in [1.807, 2.05) is 13.0 Å². The minimum atomic E-state index is -0.339. The van der Waals surface area contributed by atoms with Gasteiger partial charge in [0.25, 0.3) is 0 Å². The molecule has 2 aromatic rings. The highest BCUT2D eigenvalue weighted by Crippen LogP contribution is 2.36. The van der Waals surface area contributed by atoms with Gasteiger partial charge in [0.2, 0.25) is 0 Å². The first-order valence-electron chi connectivity index (χ1n) is 5.23. The Kier molecular flexibility index (Phi) is 3.49. The maximum absolute atomic E-state index is 11.6. The Morgan fingerprint density at radius 2 is 2.24 bits per heavy atom. The Morgan fingerprint density at radius 1 is 1.47 bits per heavy atom. The van der Waals surface area contributed by atoms with Crippen LogP contribution in [0.2, 0.25) is 0 Å². The Bertz CT molecular complexity index is 542. The lowest BCUT2D eigenvalue weighted by Gasteiger charge is -1.98. The van der Waals surface area contributed by atoms with Crippen molar-refractivity contribution >= 4 is 34.3 Å². The number of carbonyl (C=O) groups excluding carboxylic acids is 1. The van der Waals surface area contributed by atoms with Gasteiger partial charge in [0.15, 0.2) is 0 Å². The molecule has 0 saturated heterocycles. The molecule has 0 aliphatic carbocycles. The van der Waals surface area contributed by atoms with Crippen molar-refractivity contribution in [3.05, 3.63) is 27.3 Å². The predicted octanol–water partition coefficient (Wildman–Crippen LogP) is 3.54. The average molecular weight is 267 g/mol. The van der Waals surface area contributed by atoms with E-state index in [9.17, 15) is 4.79 Å². The third kappa shape index (κ3) is 2.35. The highest BCUT2D eigenvalue weighted by Gasteiger charge is 2.17. The van der Waals surface area contributed by atoms with Crippen LogP contribution in [0.15, 0.2) is 16.8 Å². The van der Waals surface area contributed by atoms with E-state index in [0.29, 0.717) is 17.2 Å². The molecule has 0 unspecified atom stereocenters. The third-order valence-corrected chi connectivity index (χ3v) is 4.37. The van der Waals surface area contributed by atoms with Crippen LogP contribution < -0.4 is 5.73 Å². The predicted molar refractivity (Wildman–Crippen MR) is 72.7 cm³/mol. The number of hydrogen-bond acceptors (Lipinski definition) is 5. The Labute approximate surface area is 108 Å². The highest BCUT2D eigenvalue weighted by molar-refractivity contribution is 7.18. The molecule has 17 heavy (non-hydrogen) atoms. The normalized spacial score (nSPS) is 10.5. The van der Waals surface area contributed by atoms with Crippen molar-refractivity contribution in [2.75, 3.05) is 12.3 Å². The van der Waals surface area contributed by atoms with Crippen LogP contribution in [-0.2, 0) is 4.74 Å². The van der Waals surface area contributed by atoms with Gasteiger partial charge in [0, 0.05) is 10.4 Å². The summed E-state index contributed by atoms with van der Waals surface area (Å²) in [6, 6.07) is 1.84. The highest BCUT2D eigenvalue weighted by atomic mass is 32.1. The molecule has 0 spiro atoms. The SMILES string of the molecule is CCOC(=O)c1sc(-c2cscc2C)cc1N. The van der Waals surface area contributed by atoms with Crippen molar-refractivity contribution in [2.24, 2.45) is 0 Å². The number of nitrogen functional groups attached to an aromatic ring is 1. The lowest BCUT2D eigenvalue weighted by molar-refractivity contribution is 0.0533. The molecule has 5 heteroatoms. The molecule has 2 rings (SSSR count). The first-order chi connectivity index (χ1) is 8.13. The Balaban J connectivity index is 2.37. The van der Waals surface area contributed by atoms with Crippen LogP contribution in [0.3, 0.4) is 0 Å². The van der Waals surface area contributed by atoms with Gasteiger partial charge in [-0.2, -0.15) is 11.3 Å². The van der Waals surface area contributed by atoms with E-state index in [0.717, 1.165) is 10.4 Å². The van der Waals surface area contributed by atoms with E-state index >= 15 is 0 Å². The van der Waals surface area contributed by atoms with E-state index in [4.69, 9.17) is 10.5 Å². The van der Waals surface area contributed by atoms with Gasteiger partial charge < -0.3 is 10.5 Å². The van der Waals surface area contributed by atoms with Gasteiger partial charge in [0.1, 0.15) is 4.88 Å². The van der Waals surface area contributed by atoms with Gasteiger partial charge in [-0.25, -0.2) is 4.79 Å². The summed E-state index contributed by atoms with van der Waals surface area (Å²) >= 11 is 3.03. The molecule has 0 aromatic carbocycles. The van der Waals surface area contributed by atoms with E-state index in [-0.39, 0.29) is 5.97 Å². The smallest absolute Gasteiger partial charge is 0.350 e. The number of anilines is 1. The second-order valence-corrected chi connectivity index (χ2v) is 5.38. The van der Waals surface area contributed by atoms with E-state index in [1.54, 1.807) is 18.3 Å². The van der Waals surface area contributed by atoms with Gasteiger partial charge in [0.05, 0.1) is 12.3 Å². The molecule has 3 nitrogen and oxygen atoms in total. The van der Waals surface area contributed by atoms with Crippen molar-refractivity contribution in [2.45, 2.75) is 13.8 Å². The lowest BCUT2D eigenvalue weighted by atomic mass is 10.2. The van der Waals surface area contributed by atoms with Crippen molar-refractivity contribution in [1.82, 2.24) is 0 Å². The quantitative estimate of drug-likeness (QED) is 0.865. The van der Waals surface area contributed by atoms with Gasteiger partial charge in [-0.3, -0.25) is 0 Å². The molecule has 2 N–H and O–H groups in total. The van der Waals surface area contributed by atoms with E-state index in [1.165, 1.54) is 16.9 Å². The molecular formula is C12H13NO2S2. The average Bonchev–Trinajstić information content (AvgIpc) is 2.84. The molecule has 0 aliphatic heterocycles. The monoisotopic (exact) mass is 267 g/mol. The molecule has 0 aliphatic rings. The van der Waals surface area contributed by atoms with Crippen LogP contribution in [-0.4, -0.2) is 12.6 Å². The van der Waals surface area contributed by atoms with Gasteiger partial charge in [-0.1, -0.05) is 0 Å². The summed E-state index contributed by atoms with van der Waals surface area (Å²) in [5, 5.41) is 4.14. The molecular weight excluding hydrogens is 254 g/mol. The number of ether oxygens (including phenoxy) is 1. The molecule has 2 heterocycles. The van der Waals surface area contributed by atoms with E-state index in [2.05, 4.69) is 10.8 Å². The molecule has 0 amide bonds. The van der Waals surface area contributed by atoms with Crippen LogP contribution in [0, 0.1) is 6.92 Å². The molecule has 0 atom stereocenters. The topological polar surface area (TPSA) is 52.3 Å². The maximum Gasteiger partial charge on any atom is 0.350 e. The van der Waals surface area contributed by atoms with Crippen molar-refractivity contribution < 1.29 is 9.53 Å². The molecule has 0 radical (unpaired) electrons. The number of rotatable bonds is 3. The minimum Gasteiger partial charge on any atom is -0.462 e. The van der Waals surface area contributed by atoms with Crippen LogP contribution in [0.25, 0.3) is 10.4 Å². The summed E-state index contributed by atoms with van der Waals surface area (Å²) in [4.78, 5) is 13.2. The minimum absolute atomic E-state index is 0.339. The zero-order valence-corrected chi connectivity index (χ0v) is 11.3. The number of nitrogens with two attached hydrogens (primary N) is 1. The third-order valence-electron chi connectivity index (χ3n) is 2.34. The summed E-state index contributed by atoms with van der Waals surface area (Å²) in [5.74, 6) is -0.339. The van der Waals surface area contributed by atoms with Gasteiger partial charge >= 0.3 is 5.97 Å². The molecule has 0 bridgehead atoms.